The summed E-state index contributed by atoms with van der Waals surface area (Å²) < 4.78 is 0. The molecular weight excluding hydrogens is 502 g/mol. The van der Waals surface area contributed by atoms with Crippen LogP contribution in [0.15, 0.2) is 0 Å². The van der Waals surface area contributed by atoms with Gasteiger partial charge in [0.1, 0.15) is 0 Å². The van der Waals surface area contributed by atoms with Gasteiger partial charge in [0.2, 0.25) is 0 Å². The van der Waals surface area contributed by atoms with Gasteiger partial charge in [-0.3, -0.25) is 0 Å². The van der Waals surface area contributed by atoms with Gasteiger partial charge in [-0.25, -0.2) is 0 Å². The van der Waals surface area contributed by atoms with E-state index in [1.165, 1.54) is 192 Å². The van der Waals surface area contributed by atoms with E-state index >= 15 is 0 Å². The van der Waals surface area contributed by atoms with Crippen molar-refractivity contribution in [1.29, 1.82) is 0 Å². The molecule has 0 aliphatic carbocycles. The molecule has 212 valence electrons. The van der Waals surface area contributed by atoms with Crippen LogP contribution in [0.4, 0.5) is 0 Å². The zero-order valence-corrected chi connectivity index (χ0v) is 30.0. The summed E-state index contributed by atoms with van der Waals surface area (Å²) in [7, 11) is 0. The van der Waals surface area contributed by atoms with Crippen LogP contribution in [0, 0.1) is 0 Å². The first kappa shape index (κ1) is 40.1. The molecule has 0 amide bonds. The predicted octanol–water partition coefficient (Wildman–Crippen LogP) is 9.89. The van der Waals surface area contributed by atoms with Crippen LogP contribution in [0.5, 0.6) is 0 Å². The Morgan fingerprint density at radius 2 is 0.528 bits per heavy atom. The van der Waals surface area contributed by atoms with Gasteiger partial charge in [-0.1, -0.05) is 194 Å². The summed E-state index contributed by atoms with van der Waals surface area (Å²) in [5, 5.41) is -1.44. The first-order valence-corrected chi connectivity index (χ1v) is 20.6. The normalized spacial score (nSPS) is 11.6. The Balaban J connectivity index is 0. The summed E-state index contributed by atoms with van der Waals surface area (Å²) in [6.45, 7) is 4.60. The number of rotatable bonds is 30. The van der Waals surface area contributed by atoms with E-state index in [0.717, 1.165) is 0 Å². The Hall–Kier alpha value is 2.00. The second-order valence-corrected chi connectivity index (χ2v) is 18.9. The molecule has 0 aromatic rings. The molecule has 0 fully saturated rings. The predicted molar refractivity (Wildman–Crippen MR) is 172 cm³/mol. The van der Waals surface area contributed by atoms with Crippen LogP contribution < -0.4 is 29.6 Å². The molecule has 0 aliphatic rings. The van der Waals surface area contributed by atoms with Gasteiger partial charge in [0.25, 0.3) is 0 Å². The zero-order chi connectivity index (χ0) is 25.7. The number of hydrogen-bond acceptors (Lipinski definition) is 2. The molecule has 4 heteroatoms. The smallest absolute Gasteiger partial charge is 0.746 e. The summed E-state index contributed by atoms with van der Waals surface area (Å²) in [6.07, 6.45) is 42.3. The second kappa shape index (κ2) is 33.2. The molecule has 0 nitrogen and oxygen atoms in total. The molecule has 0 aliphatic heterocycles. The quantitative estimate of drug-likeness (QED) is 0.0366. The van der Waals surface area contributed by atoms with Crippen LogP contribution in [-0.4, -0.2) is 12.3 Å². The second-order valence-electron chi connectivity index (χ2n) is 11.5. The standard InChI is InChI=1S/C32H67PS2.Na/c1-3-5-7-9-11-13-15-17-19-21-23-25-27-29-31-33(34,35)32-30-28-26-24-22-20-18-16-14-12-10-8-6-4-2;/h3-32H2,1-2H3,(H,34,35);/q;+1/p-1. The minimum Gasteiger partial charge on any atom is -0.746 e. The topological polar surface area (TPSA) is 0 Å². The Morgan fingerprint density at radius 3 is 0.722 bits per heavy atom. The van der Waals surface area contributed by atoms with Crippen molar-refractivity contribution < 1.29 is 29.6 Å². The molecule has 0 radical (unpaired) electrons. The van der Waals surface area contributed by atoms with Crippen LogP contribution in [0.25, 0.3) is 0 Å². The van der Waals surface area contributed by atoms with Crippen molar-refractivity contribution >= 4 is 29.3 Å². The van der Waals surface area contributed by atoms with Gasteiger partial charge >= 0.3 is 29.6 Å². The van der Waals surface area contributed by atoms with E-state index in [2.05, 4.69) is 13.8 Å². The SMILES string of the molecule is CCCCCCCCCCCCCCCCP(=S)([S-])CCCCCCCCCCCCCCCC.[Na+]. The molecule has 0 heterocycles. The van der Waals surface area contributed by atoms with Crippen molar-refractivity contribution in [3.05, 3.63) is 0 Å². The van der Waals surface area contributed by atoms with Crippen molar-refractivity contribution in [1.82, 2.24) is 0 Å². The van der Waals surface area contributed by atoms with Crippen molar-refractivity contribution in [3.63, 3.8) is 0 Å². The molecule has 0 unspecified atom stereocenters. The maximum Gasteiger partial charge on any atom is 1.00 e. The number of hydrogen-bond donors (Lipinski definition) is 0. The summed E-state index contributed by atoms with van der Waals surface area (Å²) in [6, 6.07) is 0. The monoisotopic (exact) mass is 568 g/mol. The largest absolute Gasteiger partial charge is 1.00 e. The van der Waals surface area contributed by atoms with E-state index in [1.54, 1.807) is 0 Å². The molecule has 36 heavy (non-hydrogen) atoms. The van der Waals surface area contributed by atoms with Gasteiger partial charge in [0.05, 0.1) is 0 Å². The van der Waals surface area contributed by atoms with Gasteiger partial charge in [-0.15, -0.1) is 11.8 Å². The maximum absolute atomic E-state index is 5.86. The van der Waals surface area contributed by atoms with Crippen molar-refractivity contribution in [2.45, 2.75) is 194 Å². The Bertz CT molecular complexity index is 408. The summed E-state index contributed by atoms with van der Waals surface area (Å²) in [4.78, 5) is 0. The Labute approximate surface area is 262 Å². The average molecular weight is 569 g/mol. The third-order valence-electron chi connectivity index (χ3n) is 7.70. The Kier molecular flexibility index (Phi) is 37.0. The molecule has 0 bridgehead atoms. The van der Waals surface area contributed by atoms with E-state index in [9.17, 15) is 0 Å². The number of unbranched alkanes of at least 4 members (excludes halogenated alkanes) is 26. The van der Waals surface area contributed by atoms with Gasteiger partial charge < -0.3 is 12.2 Å². The van der Waals surface area contributed by atoms with E-state index < -0.39 is 5.24 Å². The molecular formula is C32H66NaPS2. The molecule has 0 rings (SSSR count). The van der Waals surface area contributed by atoms with Crippen LogP contribution in [-0.2, 0) is 24.1 Å². The first-order valence-electron chi connectivity index (χ1n) is 16.4. The van der Waals surface area contributed by atoms with Crippen molar-refractivity contribution in [3.8, 4) is 0 Å². The fourth-order valence-electron chi connectivity index (χ4n) is 5.21. The third-order valence-corrected chi connectivity index (χ3v) is 11.9. The summed E-state index contributed by atoms with van der Waals surface area (Å²) >= 11 is 11.7. The first-order chi connectivity index (χ1) is 17.1. The minimum absolute atomic E-state index is 0. The van der Waals surface area contributed by atoms with Crippen LogP contribution in [0.2, 0.25) is 0 Å². The summed E-state index contributed by atoms with van der Waals surface area (Å²) in [5.41, 5.74) is 0. The summed E-state index contributed by atoms with van der Waals surface area (Å²) in [5.74, 6) is 0. The zero-order valence-electron chi connectivity index (χ0n) is 25.5. The molecule has 0 N–H and O–H groups in total. The molecule has 0 spiro atoms. The maximum atomic E-state index is 5.86. The van der Waals surface area contributed by atoms with Gasteiger partial charge in [-0.2, -0.15) is 5.24 Å². The van der Waals surface area contributed by atoms with E-state index in [-0.39, 0.29) is 29.6 Å². The molecule has 0 atom stereocenters. The Morgan fingerprint density at radius 1 is 0.361 bits per heavy atom. The van der Waals surface area contributed by atoms with Gasteiger partial charge in [0.15, 0.2) is 0 Å². The molecule has 0 aromatic carbocycles. The van der Waals surface area contributed by atoms with E-state index in [4.69, 9.17) is 24.1 Å². The third kappa shape index (κ3) is 34.0. The fourth-order valence-corrected chi connectivity index (χ4v) is 8.39. The van der Waals surface area contributed by atoms with Crippen LogP contribution in [0.1, 0.15) is 194 Å². The average Bonchev–Trinajstić information content (AvgIpc) is 2.84. The van der Waals surface area contributed by atoms with Crippen LogP contribution in [0.3, 0.4) is 0 Å². The van der Waals surface area contributed by atoms with Crippen LogP contribution >= 0.6 is 5.24 Å². The molecule has 0 aromatic heterocycles. The van der Waals surface area contributed by atoms with E-state index in [0.29, 0.717) is 0 Å². The molecule has 0 saturated heterocycles. The van der Waals surface area contributed by atoms with E-state index in [1.807, 2.05) is 0 Å². The molecule has 0 saturated carbocycles. The van der Waals surface area contributed by atoms with Gasteiger partial charge in [-0.05, 0) is 12.3 Å². The van der Waals surface area contributed by atoms with Crippen molar-refractivity contribution in [2.75, 3.05) is 12.3 Å². The van der Waals surface area contributed by atoms with Gasteiger partial charge in [0, 0.05) is 0 Å². The minimum atomic E-state index is -1.44. The van der Waals surface area contributed by atoms with Crippen molar-refractivity contribution in [2.24, 2.45) is 0 Å². The fraction of sp³-hybridized carbons (Fsp3) is 1.00.